The van der Waals surface area contributed by atoms with Crippen LogP contribution in [-0.2, 0) is 9.53 Å². The number of rotatable bonds is 4. The summed E-state index contributed by atoms with van der Waals surface area (Å²) in [5, 5.41) is 11.7. The third-order valence-corrected chi connectivity index (χ3v) is 4.39. The largest absolute Gasteiger partial charge is 0.480 e. The molecule has 2 atom stereocenters. The molecule has 6 heteroatoms. The highest BCUT2D eigenvalue weighted by Gasteiger charge is 2.43. The van der Waals surface area contributed by atoms with Crippen LogP contribution >= 0.6 is 0 Å². The second-order valence-corrected chi connectivity index (χ2v) is 7.05. The van der Waals surface area contributed by atoms with Gasteiger partial charge in [-0.25, -0.2) is 9.59 Å². The van der Waals surface area contributed by atoms with E-state index in [4.69, 9.17) is 9.84 Å². The third kappa shape index (κ3) is 4.33. The molecule has 0 aromatic heterocycles. The molecule has 1 saturated heterocycles. The van der Waals surface area contributed by atoms with E-state index >= 15 is 0 Å². The molecule has 1 aliphatic heterocycles. The number of carbonyl (C=O) groups excluding carboxylic acids is 1. The lowest BCUT2D eigenvalue weighted by molar-refractivity contribution is -0.159. The van der Waals surface area contributed by atoms with Crippen LogP contribution in [0.25, 0.3) is 0 Å². The van der Waals surface area contributed by atoms with Crippen LogP contribution in [0, 0.1) is 11.8 Å². The Balaban J connectivity index is 1.74. The molecular weight excluding hydrogens is 272 g/mol. The van der Waals surface area contributed by atoms with Gasteiger partial charge in [0.25, 0.3) is 0 Å². The lowest BCUT2D eigenvalue weighted by atomic mass is 9.80. The molecule has 0 spiro atoms. The molecule has 0 bridgehead atoms. The van der Waals surface area contributed by atoms with Crippen LogP contribution in [0.4, 0.5) is 4.79 Å². The fourth-order valence-electron chi connectivity index (χ4n) is 3.56. The maximum absolute atomic E-state index is 12.2. The van der Waals surface area contributed by atoms with Crippen molar-refractivity contribution in [3.05, 3.63) is 0 Å². The van der Waals surface area contributed by atoms with Gasteiger partial charge in [-0.1, -0.05) is 13.8 Å². The first-order chi connectivity index (χ1) is 9.77. The number of urea groups is 1. The molecule has 2 aliphatic rings. The highest BCUT2D eigenvalue weighted by molar-refractivity contribution is 5.76. The average Bonchev–Trinajstić information content (AvgIpc) is 2.31. The molecule has 1 aliphatic carbocycles. The van der Waals surface area contributed by atoms with Gasteiger partial charge in [0.15, 0.2) is 0 Å². The van der Waals surface area contributed by atoms with Crippen LogP contribution in [0.2, 0.25) is 0 Å². The van der Waals surface area contributed by atoms with E-state index in [1.165, 1.54) is 6.42 Å². The summed E-state index contributed by atoms with van der Waals surface area (Å²) in [5.74, 6) is 0.323. The van der Waals surface area contributed by atoms with Crippen molar-refractivity contribution in [2.24, 2.45) is 11.8 Å². The summed E-state index contributed by atoms with van der Waals surface area (Å²) < 4.78 is 5.31. The van der Waals surface area contributed by atoms with Gasteiger partial charge in [0.2, 0.25) is 0 Å². The number of nitrogens with zero attached hydrogens (tertiary/aromatic N) is 1. The van der Waals surface area contributed by atoms with Crippen LogP contribution in [0.1, 0.15) is 40.0 Å². The Morgan fingerprint density at radius 3 is 2.33 bits per heavy atom. The first-order valence-electron chi connectivity index (χ1n) is 7.68. The predicted molar refractivity (Wildman–Crippen MR) is 78.1 cm³/mol. The number of carboxylic acids is 1. The molecule has 6 nitrogen and oxygen atoms in total. The van der Waals surface area contributed by atoms with Gasteiger partial charge in [-0.15, -0.1) is 0 Å². The molecule has 2 unspecified atom stereocenters. The number of nitrogens with one attached hydrogen (secondary N) is 1. The van der Waals surface area contributed by atoms with Crippen molar-refractivity contribution < 1.29 is 19.4 Å². The van der Waals surface area contributed by atoms with Crippen molar-refractivity contribution in [2.75, 3.05) is 19.7 Å². The second kappa shape index (κ2) is 6.22. The molecule has 2 amide bonds. The number of amides is 2. The van der Waals surface area contributed by atoms with Crippen LogP contribution in [0.3, 0.4) is 0 Å². The lowest BCUT2D eigenvalue weighted by Crippen LogP contribution is -2.66. The Hall–Kier alpha value is -1.30. The molecule has 1 saturated carbocycles. The molecule has 1 heterocycles. The maximum atomic E-state index is 12.2. The topological polar surface area (TPSA) is 78.9 Å². The Morgan fingerprint density at radius 1 is 1.24 bits per heavy atom. The highest BCUT2D eigenvalue weighted by atomic mass is 16.5. The highest BCUT2D eigenvalue weighted by Crippen LogP contribution is 2.29. The van der Waals surface area contributed by atoms with Gasteiger partial charge in [0, 0.05) is 6.04 Å². The summed E-state index contributed by atoms with van der Waals surface area (Å²) in [6.45, 7) is 6.88. The standard InChI is InChI=1S/C15H26N2O4/c1-10-4-11(2)6-12(5-10)16-14(20)17-8-15(3,9-17)21-7-13(18)19/h10-12H,4-9H2,1-3H3,(H,16,20)(H,18,19). The van der Waals surface area contributed by atoms with E-state index in [2.05, 4.69) is 19.2 Å². The van der Waals surface area contributed by atoms with Crippen molar-refractivity contribution in [3.8, 4) is 0 Å². The maximum Gasteiger partial charge on any atom is 0.329 e. The summed E-state index contributed by atoms with van der Waals surface area (Å²) in [6.07, 6.45) is 3.31. The number of hydrogen-bond acceptors (Lipinski definition) is 3. The minimum atomic E-state index is -0.982. The summed E-state index contributed by atoms with van der Waals surface area (Å²) in [6, 6.07) is 0.195. The van der Waals surface area contributed by atoms with Crippen LogP contribution in [0.5, 0.6) is 0 Å². The Bertz CT molecular complexity index is 396. The number of carbonyl (C=O) groups is 2. The molecule has 120 valence electrons. The van der Waals surface area contributed by atoms with Gasteiger partial charge in [0.05, 0.1) is 13.1 Å². The monoisotopic (exact) mass is 298 g/mol. The zero-order valence-electron chi connectivity index (χ0n) is 13.1. The third-order valence-electron chi connectivity index (χ3n) is 4.39. The number of likely N-dealkylation sites (tertiary alicyclic amines) is 1. The van der Waals surface area contributed by atoms with Crippen molar-refractivity contribution in [1.29, 1.82) is 0 Å². The summed E-state index contributed by atoms with van der Waals surface area (Å²) in [7, 11) is 0. The average molecular weight is 298 g/mol. The quantitative estimate of drug-likeness (QED) is 0.828. The van der Waals surface area contributed by atoms with Crippen LogP contribution in [-0.4, -0.2) is 53.3 Å². The molecule has 0 aromatic carbocycles. The van der Waals surface area contributed by atoms with E-state index in [9.17, 15) is 9.59 Å². The van der Waals surface area contributed by atoms with E-state index in [1.54, 1.807) is 4.90 Å². The fourth-order valence-corrected chi connectivity index (χ4v) is 3.56. The SMILES string of the molecule is CC1CC(C)CC(NC(=O)N2CC(C)(OCC(=O)O)C2)C1. The second-order valence-electron chi connectivity index (χ2n) is 7.05. The van der Waals surface area contributed by atoms with Crippen molar-refractivity contribution in [3.63, 3.8) is 0 Å². The minimum Gasteiger partial charge on any atom is -0.480 e. The van der Waals surface area contributed by atoms with Gasteiger partial charge in [-0.05, 0) is 38.0 Å². The zero-order valence-corrected chi connectivity index (χ0v) is 13.1. The Labute approximate surface area is 125 Å². The number of ether oxygens (including phenoxy) is 1. The van der Waals surface area contributed by atoms with Crippen LogP contribution in [0.15, 0.2) is 0 Å². The zero-order chi connectivity index (χ0) is 15.6. The number of aliphatic carboxylic acids is 1. The van der Waals surface area contributed by atoms with Crippen molar-refractivity contribution in [1.82, 2.24) is 10.2 Å². The molecule has 2 N–H and O–H groups in total. The van der Waals surface area contributed by atoms with E-state index in [1.807, 2.05) is 6.92 Å². The van der Waals surface area contributed by atoms with Crippen molar-refractivity contribution in [2.45, 2.75) is 51.7 Å². The van der Waals surface area contributed by atoms with E-state index in [0.717, 1.165) is 12.8 Å². The minimum absolute atomic E-state index is 0.0577. The smallest absolute Gasteiger partial charge is 0.329 e. The van der Waals surface area contributed by atoms with Gasteiger partial charge >= 0.3 is 12.0 Å². The Kier molecular flexibility index (Phi) is 4.76. The Morgan fingerprint density at radius 2 is 1.81 bits per heavy atom. The van der Waals surface area contributed by atoms with Gasteiger partial charge in [-0.3, -0.25) is 0 Å². The van der Waals surface area contributed by atoms with E-state index in [-0.39, 0.29) is 18.7 Å². The first-order valence-corrected chi connectivity index (χ1v) is 7.68. The normalized spacial score (nSPS) is 31.4. The number of hydrogen-bond donors (Lipinski definition) is 2. The molecule has 2 fully saturated rings. The summed E-state index contributed by atoms with van der Waals surface area (Å²) in [5.41, 5.74) is -0.525. The molecule has 0 radical (unpaired) electrons. The van der Waals surface area contributed by atoms with Gasteiger partial charge in [-0.2, -0.15) is 0 Å². The molecule has 2 rings (SSSR count). The van der Waals surface area contributed by atoms with E-state index < -0.39 is 11.6 Å². The van der Waals surface area contributed by atoms with Gasteiger partial charge < -0.3 is 20.1 Å². The van der Waals surface area contributed by atoms with Crippen molar-refractivity contribution >= 4 is 12.0 Å². The molecule has 21 heavy (non-hydrogen) atoms. The van der Waals surface area contributed by atoms with Gasteiger partial charge in [0.1, 0.15) is 12.2 Å². The fraction of sp³-hybridized carbons (Fsp3) is 0.867. The summed E-state index contributed by atoms with van der Waals surface area (Å²) in [4.78, 5) is 24.4. The lowest BCUT2D eigenvalue weighted by Gasteiger charge is -2.47. The number of carboxylic acid groups (broad SMARTS) is 1. The molecular formula is C15H26N2O4. The van der Waals surface area contributed by atoms with E-state index in [0.29, 0.717) is 24.9 Å². The predicted octanol–water partition coefficient (Wildman–Crippen LogP) is 1.70. The first kappa shape index (κ1) is 16.1. The molecule has 0 aromatic rings. The van der Waals surface area contributed by atoms with Crippen LogP contribution < -0.4 is 5.32 Å². The summed E-state index contributed by atoms with van der Waals surface area (Å²) >= 11 is 0.